The number of nitrogens with zero attached hydrogens (tertiary/aromatic N) is 2. The predicted octanol–water partition coefficient (Wildman–Crippen LogP) is 0.0710. The van der Waals surface area contributed by atoms with Crippen LogP contribution in [0, 0.1) is 0 Å². The summed E-state index contributed by atoms with van der Waals surface area (Å²) in [5.41, 5.74) is 4.52. The first-order valence-electron chi connectivity index (χ1n) is 5.88. The fourth-order valence-corrected chi connectivity index (χ4v) is 1.74. The minimum absolute atomic E-state index is 0.0782. The number of hydrogen-bond donors (Lipinski definition) is 2. The van der Waals surface area contributed by atoms with Crippen molar-refractivity contribution in [1.29, 1.82) is 0 Å². The van der Waals surface area contributed by atoms with E-state index in [1.165, 1.54) is 4.90 Å². The van der Waals surface area contributed by atoms with Crippen LogP contribution in [0.2, 0.25) is 0 Å². The van der Waals surface area contributed by atoms with Gasteiger partial charge in [-0.1, -0.05) is 0 Å². The minimum Gasteiger partial charge on any atom is -0.465 e. The van der Waals surface area contributed by atoms with Gasteiger partial charge in [0.25, 0.3) is 0 Å². The van der Waals surface area contributed by atoms with Gasteiger partial charge in [0, 0.05) is 13.1 Å². The van der Waals surface area contributed by atoms with Crippen LogP contribution in [0.15, 0.2) is 0 Å². The molecule has 1 heterocycles. The van der Waals surface area contributed by atoms with E-state index in [-0.39, 0.29) is 19.6 Å². The van der Waals surface area contributed by atoms with Gasteiger partial charge in [0.2, 0.25) is 5.91 Å². The molecule has 0 aromatic heterocycles. The summed E-state index contributed by atoms with van der Waals surface area (Å²) in [6.45, 7) is 5.18. The zero-order chi connectivity index (χ0) is 14.8. The van der Waals surface area contributed by atoms with E-state index in [0.29, 0.717) is 0 Å². The molecule has 1 aliphatic heterocycles. The molecule has 1 fully saturated rings. The molecular formula is C11H19N3O5. The summed E-state index contributed by atoms with van der Waals surface area (Å²) in [4.78, 5) is 36.4. The van der Waals surface area contributed by atoms with Crippen molar-refractivity contribution < 1.29 is 24.2 Å². The average molecular weight is 273 g/mol. The Hall–Kier alpha value is -1.99. The molecule has 0 aromatic carbocycles. The number of amides is 3. The first-order chi connectivity index (χ1) is 8.61. The zero-order valence-corrected chi connectivity index (χ0v) is 11.3. The summed E-state index contributed by atoms with van der Waals surface area (Å²) in [6.07, 6.45) is -1.81. The molecule has 3 amide bonds. The van der Waals surface area contributed by atoms with Gasteiger partial charge in [-0.3, -0.25) is 9.69 Å². The highest BCUT2D eigenvalue weighted by Crippen LogP contribution is 2.15. The van der Waals surface area contributed by atoms with Crippen LogP contribution in [0.5, 0.6) is 0 Å². The number of carboxylic acid groups (broad SMARTS) is 1. The smallest absolute Gasteiger partial charge is 0.411 e. The maximum atomic E-state index is 11.9. The van der Waals surface area contributed by atoms with Crippen molar-refractivity contribution >= 4 is 18.1 Å². The van der Waals surface area contributed by atoms with Crippen molar-refractivity contribution in [3.8, 4) is 0 Å². The molecule has 1 aliphatic rings. The molecule has 1 saturated heterocycles. The number of carbonyl (C=O) groups is 3. The van der Waals surface area contributed by atoms with Gasteiger partial charge >= 0.3 is 12.2 Å². The summed E-state index contributed by atoms with van der Waals surface area (Å²) in [6, 6.07) is -1.00. The fourth-order valence-electron chi connectivity index (χ4n) is 1.74. The van der Waals surface area contributed by atoms with Crippen LogP contribution in [0.25, 0.3) is 0 Å². The van der Waals surface area contributed by atoms with Crippen molar-refractivity contribution in [3.63, 3.8) is 0 Å². The van der Waals surface area contributed by atoms with Gasteiger partial charge in [-0.2, -0.15) is 0 Å². The molecule has 8 heteroatoms. The SMILES string of the molecule is CC(C)(C)OC(=O)N1CCN(C(=O)O)CC1C(N)=O. The highest BCUT2D eigenvalue weighted by atomic mass is 16.6. The topological polar surface area (TPSA) is 113 Å². The average Bonchev–Trinajstić information content (AvgIpc) is 2.25. The van der Waals surface area contributed by atoms with E-state index in [4.69, 9.17) is 15.6 Å². The number of nitrogens with two attached hydrogens (primary N) is 1. The number of piperazine rings is 1. The maximum absolute atomic E-state index is 11.9. The van der Waals surface area contributed by atoms with Gasteiger partial charge in [0.15, 0.2) is 0 Å². The molecule has 0 saturated carbocycles. The van der Waals surface area contributed by atoms with Crippen molar-refractivity contribution in [1.82, 2.24) is 9.80 Å². The highest BCUT2D eigenvalue weighted by molar-refractivity contribution is 5.85. The molecule has 8 nitrogen and oxygen atoms in total. The number of primary amides is 1. The third kappa shape index (κ3) is 4.01. The Kier molecular flexibility index (Phi) is 4.23. The van der Waals surface area contributed by atoms with E-state index in [1.54, 1.807) is 20.8 Å². The molecule has 0 spiro atoms. The molecule has 108 valence electrons. The summed E-state index contributed by atoms with van der Waals surface area (Å²) >= 11 is 0. The lowest BCUT2D eigenvalue weighted by Crippen LogP contribution is -2.61. The maximum Gasteiger partial charge on any atom is 0.411 e. The highest BCUT2D eigenvalue weighted by Gasteiger charge is 2.37. The lowest BCUT2D eigenvalue weighted by atomic mass is 10.1. The van der Waals surface area contributed by atoms with Crippen LogP contribution in [-0.2, 0) is 9.53 Å². The minimum atomic E-state index is -1.14. The molecule has 1 unspecified atom stereocenters. The Morgan fingerprint density at radius 3 is 2.26 bits per heavy atom. The second-order valence-electron chi connectivity index (χ2n) is 5.32. The Bertz CT molecular complexity index is 390. The fraction of sp³-hybridized carbons (Fsp3) is 0.727. The lowest BCUT2D eigenvalue weighted by molar-refractivity contribution is -0.125. The molecule has 1 rings (SSSR count). The molecule has 0 bridgehead atoms. The standard InChI is InChI=1S/C11H19N3O5/c1-11(2,3)19-10(18)14-5-4-13(9(16)17)6-7(14)8(12)15/h7H,4-6H2,1-3H3,(H2,12,15)(H,16,17). The van der Waals surface area contributed by atoms with E-state index in [2.05, 4.69) is 0 Å². The third-order valence-corrected chi connectivity index (χ3v) is 2.61. The van der Waals surface area contributed by atoms with Gasteiger partial charge in [0.05, 0.1) is 6.54 Å². The van der Waals surface area contributed by atoms with Crippen LogP contribution in [-0.4, -0.2) is 64.3 Å². The summed E-state index contributed by atoms with van der Waals surface area (Å²) in [5.74, 6) is -0.753. The Morgan fingerprint density at radius 2 is 1.84 bits per heavy atom. The van der Waals surface area contributed by atoms with Crippen molar-refractivity contribution in [2.24, 2.45) is 5.73 Å². The lowest BCUT2D eigenvalue weighted by Gasteiger charge is -2.39. The second kappa shape index (κ2) is 5.33. The largest absolute Gasteiger partial charge is 0.465 e. The van der Waals surface area contributed by atoms with Crippen molar-refractivity contribution in [2.45, 2.75) is 32.4 Å². The van der Waals surface area contributed by atoms with Crippen LogP contribution in [0.1, 0.15) is 20.8 Å². The first-order valence-corrected chi connectivity index (χ1v) is 5.88. The number of hydrogen-bond acceptors (Lipinski definition) is 4. The Labute approximate surface area is 111 Å². The molecular weight excluding hydrogens is 254 g/mol. The molecule has 0 aromatic rings. The summed E-state index contributed by atoms with van der Waals surface area (Å²) in [7, 11) is 0. The molecule has 19 heavy (non-hydrogen) atoms. The van der Waals surface area contributed by atoms with E-state index < -0.39 is 29.7 Å². The van der Waals surface area contributed by atoms with Gasteiger partial charge in [-0.05, 0) is 20.8 Å². The first kappa shape index (κ1) is 15.1. The van der Waals surface area contributed by atoms with Crippen LogP contribution >= 0.6 is 0 Å². The number of ether oxygens (including phenoxy) is 1. The van der Waals surface area contributed by atoms with E-state index in [0.717, 1.165) is 4.90 Å². The molecule has 0 radical (unpaired) electrons. The summed E-state index contributed by atoms with van der Waals surface area (Å²) < 4.78 is 5.17. The zero-order valence-electron chi connectivity index (χ0n) is 11.3. The monoisotopic (exact) mass is 273 g/mol. The quantitative estimate of drug-likeness (QED) is 0.702. The van der Waals surface area contributed by atoms with Gasteiger partial charge in [0.1, 0.15) is 11.6 Å². The van der Waals surface area contributed by atoms with Gasteiger partial charge < -0.3 is 20.5 Å². The predicted molar refractivity (Wildman–Crippen MR) is 65.5 cm³/mol. The third-order valence-electron chi connectivity index (χ3n) is 2.61. The second-order valence-corrected chi connectivity index (χ2v) is 5.32. The van der Waals surface area contributed by atoms with Crippen LogP contribution in [0.4, 0.5) is 9.59 Å². The van der Waals surface area contributed by atoms with Gasteiger partial charge in [-0.25, -0.2) is 9.59 Å². The Balaban J connectivity index is 2.80. The number of carbonyl (C=O) groups excluding carboxylic acids is 2. The number of rotatable bonds is 1. The summed E-state index contributed by atoms with van der Waals surface area (Å²) in [5, 5.41) is 8.89. The van der Waals surface area contributed by atoms with Gasteiger partial charge in [-0.15, -0.1) is 0 Å². The van der Waals surface area contributed by atoms with E-state index in [9.17, 15) is 14.4 Å². The molecule has 3 N–H and O–H groups in total. The van der Waals surface area contributed by atoms with Crippen LogP contribution < -0.4 is 5.73 Å². The normalized spacial score (nSPS) is 20.1. The van der Waals surface area contributed by atoms with E-state index >= 15 is 0 Å². The van der Waals surface area contributed by atoms with Crippen molar-refractivity contribution in [3.05, 3.63) is 0 Å². The molecule has 1 atom stereocenters. The molecule has 0 aliphatic carbocycles. The van der Waals surface area contributed by atoms with Crippen LogP contribution in [0.3, 0.4) is 0 Å². The van der Waals surface area contributed by atoms with E-state index in [1.807, 2.05) is 0 Å². The Morgan fingerprint density at radius 1 is 1.26 bits per heavy atom. The van der Waals surface area contributed by atoms with Crippen molar-refractivity contribution in [2.75, 3.05) is 19.6 Å².